The van der Waals surface area contributed by atoms with E-state index >= 15 is 0 Å². The molecule has 0 N–H and O–H groups in total. The van der Waals surface area contributed by atoms with Crippen molar-refractivity contribution in [1.82, 2.24) is 0 Å². The summed E-state index contributed by atoms with van der Waals surface area (Å²) in [5.74, 6) is -2.80. The van der Waals surface area contributed by atoms with Crippen molar-refractivity contribution in [2.45, 2.75) is 37.6 Å². The molecule has 0 aromatic carbocycles. The van der Waals surface area contributed by atoms with E-state index in [2.05, 4.69) is 0 Å². The Morgan fingerprint density at radius 1 is 1.00 bits per heavy atom. The Labute approximate surface area is 107 Å². The number of nitro groups is 3. The van der Waals surface area contributed by atoms with Crippen molar-refractivity contribution in [3.63, 3.8) is 0 Å². The van der Waals surface area contributed by atoms with Crippen molar-refractivity contribution in [1.29, 1.82) is 0 Å². The Hall–Kier alpha value is -1.84. The van der Waals surface area contributed by atoms with E-state index in [1.807, 2.05) is 0 Å². The quantitative estimate of drug-likeness (QED) is 0.394. The van der Waals surface area contributed by atoms with Crippen molar-refractivity contribution >= 4 is 0 Å². The van der Waals surface area contributed by atoms with E-state index < -0.39 is 27.2 Å². The van der Waals surface area contributed by atoms with Gasteiger partial charge < -0.3 is 4.74 Å². The third kappa shape index (κ3) is 2.11. The summed E-state index contributed by atoms with van der Waals surface area (Å²) in [7, 11) is 0. The molecule has 0 unspecified atom stereocenters. The second kappa shape index (κ2) is 4.68. The summed E-state index contributed by atoms with van der Waals surface area (Å²) in [4.78, 5) is 27.6. The lowest BCUT2D eigenvalue weighted by Gasteiger charge is -2.21. The molecule has 0 radical (unpaired) electrons. The Bertz CT molecular complexity index is 390. The molecule has 2 aliphatic rings. The van der Waals surface area contributed by atoms with Crippen molar-refractivity contribution in [3.05, 3.63) is 30.3 Å². The summed E-state index contributed by atoms with van der Waals surface area (Å²) in [5.41, 5.74) is 0. The van der Waals surface area contributed by atoms with Gasteiger partial charge in [-0.3, -0.25) is 30.3 Å². The summed E-state index contributed by atoms with van der Waals surface area (Å²) >= 11 is 0. The standard InChI is InChI=1S/C9H13N3O7/c13-10(14)9(11(15)16,12(17)18)5-19-8-4-6-1-2-7(8)3-6/h6-8H,1-5H2/t6-,7+,8+/m1/s1. The van der Waals surface area contributed by atoms with Gasteiger partial charge in [0.05, 0.1) is 6.10 Å². The third-order valence-electron chi connectivity index (χ3n) is 4.04. The largest absolute Gasteiger partial charge is 0.723 e. The number of nitrogens with zero attached hydrogens (tertiary/aromatic N) is 3. The molecular weight excluding hydrogens is 262 g/mol. The molecule has 2 fully saturated rings. The summed E-state index contributed by atoms with van der Waals surface area (Å²) < 4.78 is 5.16. The third-order valence-corrected chi connectivity index (χ3v) is 4.04. The lowest BCUT2D eigenvalue weighted by atomic mass is 9.98. The second-order valence-corrected chi connectivity index (χ2v) is 5.07. The first-order valence-electron chi connectivity index (χ1n) is 5.93. The first-order valence-corrected chi connectivity index (χ1v) is 5.93. The van der Waals surface area contributed by atoms with Crippen LogP contribution in [0, 0.1) is 42.2 Å². The minimum Gasteiger partial charge on any atom is -0.356 e. The van der Waals surface area contributed by atoms with Crippen molar-refractivity contribution < 1.29 is 19.5 Å². The van der Waals surface area contributed by atoms with Gasteiger partial charge >= 0.3 is 5.79 Å². The SMILES string of the molecule is O=[N+]([O-])C(CO[C@H]1C[C@@H]2CC[C@H]1C2)([N+](=O)[O-])[N+](=O)[O-]. The molecule has 2 aliphatic carbocycles. The van der Waals surface area contributed by atoms with Crippen LogP contribution in [-0.2, 0) is 4.74 Å². The van der Waals surface area contributed by atoms with Crippen LogP contribution in [-0.4, -0.2) is 33.3 Å². The maximum absolute atomic E-state index is 10.7. The Kier molecular flexibility index (Phi) is 3.35. The van der Waals surface area contributed by atoms with Crippen molar-refractivity contribution in [3.8, 4) is 0 Å². The monoisotopic (exact) mass is 275 g/mol. The number of fused-ring (bicyclic) bond motifs is 2. The van der Waals surface area contributed by atoms with Gasteiger partial charge in [-0.05, 0) is 37.5 Å². The molecule has 10 nitrogen and oxygen atoms in total. The second-order valence-electron chi connectivity index (χ2n) is 5.07. The lowest BCUT2D eigenvalue weighted by Crippen LogP contribution is -2.57. The van der Waals surface area contributed by atoms with E-state index in [0.717, 1.165) is 19.3 Å². The molecule has 19 heavy (non-hydrogen) atoms. The van der Waals surface area contributed by atoms with Crippen LogP contribution in [0.4, 0.5) is 0 Å². The topological polar surface area (TPSA) is 139 Å². The summed E-state index contributed by atoms with van der Waals surface area (Å²) in [6.45, 7) is -1.13. The van der Waals surface area contributed by atoms with Crippen molar-refractivity contribution in [2.24, 2.45) is 11.8 Å². The van der Waals surface area contributed by atoms with Gasteiger partial charge in [0.1, 0.15) is 0 Å². The zero-order valence-electron chi connectivity index (χ0n) is 9.97. The van der Waals surface area contributed by atoms with Crippen molar-refractivity contribution in [2.75, 3.05) is 6.61 Å². The molecule has 10 heteroatoms. The van der Waals surface area contributed by atoms with E-state index in [9.17, 15) is 30.3 Å². The van der Waals surface area contributed by atoms with Gasteiger partial charge in [0.15, 0.2) is 14.8 Å². The highest BCUT2D eigenvalue weighted by atomic mass is 16.7. The fourth-order valence-corrected chi connectivity index (χ4v) is 2.97. The maximum atomic E-state index is 10.7. The zero-order chi connectivity index (χ0) is 14.2. The molecule has 2 saturated carbocycles. The van der Waals surface area contributed by atoms with Crippen LogP contribution >= 0.6 is 0 Å². The van der Waals surface area contributed by atoms with E-state index in [1.54, 1.807) is 0 Å². The molecule has 2 rings (SSSR count). The molecule has 0 saturated heterocycles. The molecule has 0 heterocycles. The number of hydrogen-bond donors (Lipinski definition) is 0. The predicted octanol–water partition coefficient (Wildman–Crippen LogP) is 0.675. The van der Waals surface area contributed by atoms with Crippen LogP contribution < -0.4 is 0 Å². The normalized spacial score (nSPS) is 29.4. The van der Waals surface area contributed by atoms with Gasteiger partial charge in [-0.15, -0.1) is 0 Å². The van der Waals surface area contributed by atoms with Crippen LogP contribution in [0.5, 0.6) is 0 Å². The lowest BCUT2D eigenvalue weighted by molar-refractivity contribution is -0.970. The van der Waals surface area contributed by atoms with Crippen LogP contribution in [0.25, 0.3) is 0 Å². The molecule has 0 spiro atoms. The van der Waals surface area contributed by atoms with Crippen LogP contribution in [0.1, 0.15) is 25.7 Å². The number of hydrogen-bond acceptors (Lipinski definition) is 7. The highest BCUT2D eigenvalue weighted by Gasteiger charge is 2.71. The first kappa shape index (κ1) is 13.6. The Morgan fingerprint density at radius 2 is 1.58 bits per heavy atom. The highest BCUT2D eigenvalue weighted by Crippen LogP contribution is 2.46. The molecule has 0 aromatic heterocycles. The van der Waals surface area contributed by atoms with E-state index in [0.29, 0.717) is 12.3 Å². The van der Waals surface area contributed by atoms with Gasteiger partial charge in [-0.2, -0.15) is 0 Å². The van der Waals surface area contributed by atoms with Gasteiger partial charge in [-0.1, -0.05) is 0 Å². The van der Waals surface area contributed by atoms with Gasteiger partial charge in [0.2, 0.25) is 0 Å². The highest BCUT2D eigenvalue weighted by molar-refractivity contribution is 4.90. The minimum absolute atomic E-state index is 0.216. The Balaban J connectivity index is 2.07. The summed E-state index contributed by atoms with van der Waals surface area (Å²) in [6, 6.07) is 0. The van der Waals surface area contributed by atoms with Gasteiger partial charge in [0, 0.05) is 0 Å². The van der Waals surface area contributed by atoms with E-state index in [1.165, 1.54) is 0 Å². The summed E-state index contributed by atoms with van der Waals surface area (Å²) in [5, 5.41) is 32.1. The molecule has 106 valence electrons. The van der Waals surface area contributed by atoms with E-state index in [4.69, 9.17) is 4.74 Å². The first-order chi connectivity index (χ1) is 8.87. The maximum Gasteiger partial charge on any atom is 0.723 e. The fraction of sp³-hybridized carbons (Fsp3) is 1.00. The minimum atomic E-state index is -3.50. The van der Waals surface area contributed by atoms with Gasteiger partial charge in [0.25, 0.3) is 6.61 Å². The average Bonchev–Trinajstić information content (AvgIpc) is 2.90. The van der Waals surface area contributed by atoms with Crippen LogP contribution in [0.15, 0.2) is 0 Å². The van der Waals surface area contributed by atoms with Crippen LogP contribution in [0.3, 0.4) is 0 Å². The molecule has 0 amide bonds. The number of ether oxygens (including phenoxy) is 1. The zero-order valence-corrected chi connectivity index (χ0v) is 9.97. The molecule has 0 aromatic rings. The van der Waals surface area contributed by atoms with E-state index in [-0.39, 0.29) is 12.0 Å². The predicted molar refractivity (Wildman–Crippen MR) is 58.9 cm³/mol. The van der Waals surface area contributed by atoms with Crippen LogP contribution in [0.2, 0.25) is 0 Å². The van der Waals surface area contributed by atoms with Gasteiger partial charge in [-0.25, -0.2) is 0 Å². The smallest absolute Gasteiger partial charge is 0.356 e. The molecule has 2 bridgehead atoms. The average molecular weight is 275 g/mol. The molecule has 0 aliphatic heterocycles. The number of rotatable bonds is 6. The summed E-state index contributed by atoms with van der Waals surface area (Å²) in [6.07, 6.45) is 3.26. The fourth-order valence-electron chi connectivity index (χ4n) is 2.97. The Morgan fingerprint density at radius 3 is 1.95 bits per heavy atom. The molecular formula is C9H13N3O7. The molecule has 3 atom stereocenters.